The Balaban J connectivity index is 1.79. The maximum atomic E-state index is 6.06. The standard InChI is InChI=1S/C15H25N5/c1-11(2)13-14(16)17-10-18-15(13)20-8-5-12(9-20)19-6-3-4-7-19/h10-12H,3-9H2,1-2H3,(H2,16,17,18). The van der Waals surface area contributed by atoms with Crippen LogP contribution in [-0.2, 0) is 0 Å². The van der Waals surface area contributed by atoms with Crippen LogP contribution in [-0.4, -0.2) is 47.1 Å². The summed E-state index contributed by atoms with van der Waals surface area (Å²) < 4.78 is 0. The molecule has 5 heteroatoms. The van der Waals surface area contributed by atoms with E-state index in [0.29, 0.717) is 17.8 Å². The number of rotatable bonds is 3. The molecular formula is C15H25N5. The van der Waals surface area contributed by atoms with Crippen molar-refractivity contribution in [3.8, 4) is 0 Å². The lowest BCUT2D eigenvalue weighted by molar-refractivity contribution is 0.260. The maximum Gasteiger partial charge on any atom is 0.137 e. The molecule has 1 unspecified atom stereocenters. The Morgan fingerprint density at radius 3 is 2.65 bits per heavy atom. The molecule has 1 aromatic rings. The van der Waals surface area contributed by atoms with Gasteiger partial charge in [0.25, 0.3) is 0 Å². The highest BCUT2D eigenvalue weighted by Crippen LogP contribution is 2.32. The van der Waals surface area contributed by atoms with Crippen molar-refractivity contribution in [1.29, 1.82) is 0 Å². The highest BCUT2D eigenvalue weighted by molar-refractivity contribution is 5.58. The van der Waals surface area contributed by atoms with E-state index in [0.717, 1.165) is 24.5 Å². The zero-order valence-electron chi connectivity index (χ0n) is 12.5. The van der Waals surface area contributed by atoms with Gasteiger partial charge < -0.3 is 10.6 Å². The molecule has 3 rings (SSSR count). The van der Waals surface area contributed by atoms with Crippen LogP contribution in [0.3, 0.4) is 0 Å². The first kappa shape index (κ1) is 13.6. The number of aromatic nitrogens is 2. The first-order chi connectivity index (χ1) is 9.66. The fraction of sp³-hybridized carbons (Fsp3) is 0.733. The van der Waals surface area contributed by atoms with E-state index in [2.05, 4.69) is 33.6 Å². The number of nitrogen functional groups attached to an aromatic ring is 1. The van der Waals surface area contributed by atoms with Gasteiger partial charge in [0.2, 0.25) is 0 Å². The average molecular weight is 275 g/mol. The van der Waals surface area contributed by atoms with E-state index >= 15 is 0 Å². The predicted octanol–water partition coefficient (Wildman–Crippen LogP) is 1.86. The summed E-state index contributed by atoms with van der Waals surface area (Å²) in [6.45, 7) is 9.01. The van der Waals surface area contributed by atoms with Gasteiger partial charge in [-0.25, -0.2) is 9.97 Å². The van der Waals surface area contributed by atoms with Crippen LogP contribution in [0.4, 0.5) is 11.6 Å². The van der Waals surface area contributed by atoms with Crippen LogP contribution >= 0.6 is 0 Å². The van der Waals surface area contributed by atoms with Crippen molar-refractivity contribution in [2.45, 2.75) is 45.1 Å². The van der Waals surface area contributed by atoms with Crippen molar-refractivity contribution in [3.63, 3.8) is 0 Å². The van der Waals surface area contributed by atoms with Gasteiger partial charge in [0.1, 0.15) is 18.0 Å². The van der Waals surface area contributed by atoms with Gasteiger partial charge >= 0.3 is 0 Å². The molecular weight excluding hydrogens is 250 g/mol. The summed E-state index contributed by atoms with van der Waals surface area (Å²) >= 11 is 0. The van der Waals surface area contributed by atoms with Crippen LogP contribution in [0.5, 0.6) is 0 Å². The minimum Gasteiger partial charge on any atom is -0.383 e. The molecule has 2 aliphatic rings. The zero-order chi connectivity index (χ0) is 14.1. The van der Waals surface area contributed by atoms with E-state index in [1.807, 2.05) is 0 Å². The van der Waals surface area contributed by atoms with Gasteiger partial charge in [0, 0.05) is 24.7 Å². The number of hydrogen-bond acceptors (Lipinski definition) is 5. The summed E-state index contributed by atoms with van der Waals surface area (Å²) in [5, 5.41) is 0. The molecule has 2 N–H and O–H groups in total. The summed E-state index contributed by atoms with van der Waals surface area (Å²) in [5.41, 5.74) is 7.16. The SMILES string of the molecule is CC(C)c1c(N)ncnc1N1CCC(N2CCCC2)C1. The van der Waals surface area contributed by atoms with Crippen molar-refractivity contribution in [2.24, 2.45) is 0 Å². The van der Waals surface area contributed by atoms with E-state index in [1.54, 1.807) is 6.33 Å². The van der Waals surface area contributed by atoms with Crippen molar-refractivity contribution in [2.75, 3.05) is 36.8 Å². The van der Waals surface area contributed by atoms with Crippen LogP contribution in [0.1, 0.15) is 44.6 Å². The summed E-state index contributed by atoms with van der Waals surface area (Å²) in [6, 6.07) is 0.689. The van der Waals surface area contributed by atoms with Crippen LogP contribution in [0.2, 0.25) is 0 Å². The zero-order valence-corrected chi connectivity index (χ0v) is 12.5. The monoisotopic (exact) mass is 275 g/mol. The second kappa shape index (κ2) is 5.56. The third-order valence-corrected chi connectivity index (χ3v) is 4.59. The van der Waals surface area contributed by atoms with Gasteiger partial charge in [0.05, 0.1) is 0 Å². The molecule has 3 heterocycles. The van der Waals surface area contributed by atoms with E-state index in [9.17, 15) is 0 Å². The molecule has 0 radical (unpaired) electrons. The van der Waals surface area contributed by atoms with Crippen molar-refractivity contribution >= 4 is 11.6 Å². The van der Waals surface area contributed by atoms with Crippen LogP contribution in [0.15, 0.2) is 6.33 Å². The molecule has 2 aliphatic heterocycles. The van der Waals surface area contributed by atoms with Crippen molar-refractivity contribution in [3.05, 3.63) is 11.9 Å². The summed E-state index contributed by atoms with van der Waals surface area (Å²) in [5.74, 6) is 2.04. The molecule has 0 aliphatic carbocycles. The first-order valence-corrected chi connectivity index (χ1v) is 7.76. The van der Waals surface area contributed by atoms with Gasteiger partial charge in [-0.1, -0.05) is 13.8 Å². The molecule has 2 saturated heterocycles. The van der Waals surface area contributed by atoms with Crippen molar-refractivity contribution in [1.82, 2.24) is 14.9 Å². The number of likely N-dealkylation sites (tertiary alicyclic amines) is 1. The molecule has 1 aromatic heterocycles. The Morgan fingerprint density at radius 1 is 1.20 bits per heavy atom. The van der Waals surface area contributed by atoms with Crippen molar-refractivity contribution < 1.29 is 0 Å². The van der Waals surface area contributed by atoms with Gasteiger partial charge in [-0.05, 0) is 38.3 Å². The number of hydrogen-bond donors (Lipinski definition) is 1. The third-order valence-electron chi connectivity index (χ3n) is 4.59. The van der Waals surface area contributed by atoms with Gasteiger partial charge in [-0.15, -0.1) is 0 Å². The summed E-state index contributed by atoms with van der Waals surface area (Å²) in [7, 11) is 0. The Morgan fingerprint density at radius 2 is 1.95 bits per heavy atom. The fourth-order valence-corrected chi connectivity index (χ4v) is 3.54. The third kappa shape index (κ3) is 2.46. The number of nitrogens with two attached hydrogens (primary N) is 1. The second-order valence-electron chi connectivity index (χ2n) is 6.28. The van der Waals surface area contributed by atoms with Gasteiger partial charge in [-0.2, -0.15) is 0 Å². The van der Waals surface area contributed by atoms with Gasteiger partial charge in [0.15, 0.2) is 0 Å². The summed E-state index contributed by atoms with van der Waals surface area (Å²) in [6.07, 6.45) is 5.55. The van der Waals surface area contributed by atoms with E-state index in [4.69, 9.17) is 5.73 Å². The normalized spacial score (nSPS) is 23.9. The Kier molecular flexibility index (Phi) is 3.78. The lowest BCUT2D eigenvalue weighted by atomic mass is 10.0. The van der Waals surface area contributed by atoms with Gasteiger partial charge in [-0.3, -0.25) is 4.90 Å². The Bertz CT molecular complexity index is 467. The molecule has 1 atom stereocenters. The quantitative estimate of drug-likeness (QED) is 0.912. The molecule has 20 heavy (non-hydrogen) atoms. The minimum absolute atomic E-state index is 0.358. The molecule has 0 amide bonds. The molecule has 0 spiro atoms. The van der Waals surface area contributed by atoms with Crippen LogP contribution in [0.25, 0.3) is 0 Å². The van der Waals surface area contributed by atoms with E-state index < -0.39 is 0 Å². The highest BCUT2D eigenvalue weighted by Gasteiger charge is 2.31. The lowest BCUT2D eigenvalue weighted by Gasteiger charge is -2.26. The topological polar surface area (TPSA) is 58.3 Å². The van der Waals surface area contributed by atoms with E-state index in [1.165, 1.54) is 32.4 Å². The maximum absolute atomic E-state index is 6.06. The van der Waals surface area contributed by atoms with E-state index in [-0.39, 0.29) is 0 Å². The Hall–Kier alpha value is -1.36. The minimum atomic E-state index is 0.358. The average Bonchev–Trinajstić information content (AvgIpc) is 3.09. The smallest absolute Gasteiger partial charge is 0.137 e. The number of anilines is 2. The number of nitrogens with zero attached hydrogens (tertiary/aromatic N) is 4. The molecule has 0 aromatic carbocycles. The van der Waals surface area contributed by atoms with Crippen LogP contribution in [0, 0.1) is 0 Å². The first-order valence-electron chi connectivity index (χ1n) is 7.76. The predicted molar refractivity (Wildman–Crippen MR) is 82.0 cm³/mol. The second-order valence-corrected chi connectivity index (χ2v) is 6.28. The largest absolute Gasteiger partial charge is 0.383 e. The molecule has 0 saturated carbocycles. The lowest BCUT2D eigenvalue weighted by Crippen LogP contribution is -2.35. The molecule has 2 fully saturated rings. The molecule has 110 valence electrons. The van der Waals surface area contributed by atoms with Crippen LogP contribution < -0.4 is 10.6 Å². The Labute approximate surface area is 121 Å². The molecule has 5 nitrogen and oxygen atoms in total. The molecule has 0 bridgehead atoms. The summed E-state index contributed by atoms with van der Waals surface area (Å²) in [4.78, 5) is 13.7. The highest BCUT2D eigenvalue weighted by atomic mass is 15.3. The fourth-order valence-electron chi connectivity index (χ4n) is 3.54.